The lowest BCUT2D eigenvalue weighted by Crippen LogP contribution is -2.52. The van der Waals surface area contributed by atoms with Gasteiger partial charge in [-0.3, -0.25) is 29.5 Å². The summed E-state index contributed by atoms with van der Waals surface area (Å²) in [6.45, 7) is 8.03. The average Bonchev–Trinajstić information content (AvgIpc) is 3.10. The number of nitrogens with one attached hydrogen (secondary N) is 1. The number of carbonyl (C=O) groups is 3. The molecule has 1 atom stereocenters. The van der Waals surface area contributed by atoms with E-state index in [9.17, 15) is 14.4 Å². The van der Waals surface area contributed by atoms with Gasteiger partial charge in [0, 0.05) is 50.4 Å². The molecule has 3 saturated heterocycles. The summed E-state index contributed by atoms with van der Waals surface area (Å²) in [6.07, 6.45) is 4.69. The second-order valence-electron chi connectivity index (χ2n) is 9.17. The number of rotatable bonds is 4. The Morgan fingerprint density at radius 1 is 0.903 bits per heavy atom. The van der Waals surface area contributed by atoms with E-state index < -0.39 is 6.04 Å². The molecule has 4 aliphatic rings. The molecule has 3 fully saturated rings. The second kappa shape index (κ2) is 8.59. The highest BCUT2D eigenvalue weighted by atomic mass is 16.2. The van der Waals surface area contributed by atoms with Crippen molar-refractivity contribution < 1.29 is 14.4 Å². The fourth-order valence-electron chi connectivity index (χ4n) is 5.29. The predicted molar refractivity (Wildman–Crippen MR) is 117 cm³/mol. The Morgan fingerprint density at radius 2 is 1.65 bits per heavy atom. The van der Waals surface area contributed by atoms with Crippen molar-refractivity contribution in [2.24, 2.45) is 0 Å². The van der Waals surface area contributed by atoms with Gasteiger partial charge in [0.25, 0.3) is 5.91 Å². The van der Waals surface area contributed by atoms with Crippen LogP contribution in [0.2, 0.25) is 0 Å². The van der Waals surface area contributed by atoms with Crippen LogP contribution < -0.4 is 10.2 Å². The Kier molecular flexibility index (Phi) is 5.67. The van der Waals surface area contributed by atoms with Gasteiger partial charge in [0.15, 0.2) is 0 Å². The summed E-state index contributed by atoms with van der Waals surface area (Å²) in [5.74, 6) is -0.725. The molecule has 0 spiro atoms. The summed E-state index contributed by atoms with van der Waals surface area (Å²) >= 11 is 0. The fourth-order valence-corrected chi connectivity index (χ4v) is 5.29. The van der Waals surface area contributed by atoms with Crippen LogP contribution in [0.3, 0.4) is 0 Å². The van der Waals surface area contributed by atoms with Crippen LogP contribution in [0.1, 0.15) is 48.0 Å². The molecule has 31 heavy (non-hydrogen) atoms. The topological polar surface area (TPSA) is 76.2 Å². The van der Waals surface area contributed by atoms with E-state index in [1.165, 1.54) is 32.4 Å². The SMILES string of the molecule is O=C1CC[C@H](N2Cc3cc(N4CCN(CN5CCCCC5)CC4)ccc3C2=O)C(=O)N1. The van der Waals surface area contributed by atoms with Crippen LogP contribution in [0.15, 0.2) is 18.2 Å². The third kappa shape index (κ3) is 4.19. The number of nitrogens with zero attached hydrogens (tertiary/aromatic N) is 4. The Hall–Kier alpha value is -2.45. The number of imide groups is 1. The number of benzene rings is 1. The number of piperazine rings is 1. The molecule has 0 radical (unpaired) electrons. The summed E-state index contributed by atoms with van der Waals surface area (Å²) in [4.78, 5) is 45.7. The summed E-state index contributed by atoms with van der Waals surface area (Å²) in [5, 5.41) is 2.36. The maximum Gasteiger partial charge on any atom is 0.255 e. The van der Waals surface area contributed by atoms with Gasteiger partial charge >= 0.3 is 0 Å². The minimum absolute atomic E-state index is 0.109. The van der Waals surface area contributed by atoms with E-state index in [2.05, 4.69) is 26.1 Å². The number of amides is 3. The Labute approximate surface area is 183 Å². The molecule has 4 heterocycles. The quantitative estimate of drug-likeness (QED) is 0.726. The van der Waals surface area contributed by atoms with Crippen LogP contribution in [0.5, 0.6) is 0 Å². The van der Waals surface area contributed by atoms with Crippen molar-refractivity contribution in [3.05, 3.63) is 29.3 Å². The predicted octanol–water partition coefficient (Wildman–Crippen LogP) is 1.01. The minimum Gasteiger partial charge on any atom is -0.369 e. The summed E-state index contributed by atoms with van der Waals surface area (Å²) in [5.41, 5.74) is 2.80. The number of piperidine rings is 2. The minimum atomic E-state index is -0.556. The lowest BCUT2D eigenvalue weighted by molar-refractivity contribution is -0.136. The number of hydrogen-bond acceptors (Lipinski definition) is 6. The first kappa shape index (κ1) is 20.5. The van der Waals surface area contributed by atoms with Crippen molar-refractivity contribution in [3.63, 3.8) is 0 Å². The van der Waals surface area contributed by atoms with Crippen molar-refractivity contribution >= 4 is 23.4 Å². The van der Waals surface area contributed by atoms with Crippen molar-refractivity contribution in [1.29, 1.82) is 0 Å². The van der Waals surface area contributed by atoms with Crippen LogP contribution in [-0.2, 0) is 16.1 Å². The Balaban J connectivity index is 1.21. The van der Waals surface area contributed by atoms with Crippen LogP contribution in [0.4, 0.5) is 5.69 Å². The molecule has 166 valence electrons. The molecule has 3 amide bonds. The second-order valence-corrected chi connectivity index (χ2v) is 9.17. The third-order valence-corrected chi connectivity index (χ3v) is 7.09. The first-order valence-electron chi connectivity index (χ1n) is 11.6. The zero-order valence-electron chi connectivity index (χ0n) is 18.0. The Bertz CT molecular complexity index is 874. The average molecular weight is 426 g/mol. The van der Waals surface area contributed by atoms with Crippen LogP contribution in [-0.4, -0.2) is 84.4 Å². The highest BCUT2D eigenvalue weighted by Gasteiger charge is 2.39. The van der Waals surface area contributed by atoms with E-state index in [4.69, 9.17) is 0 Å². The zero-order chi connectivity index (χ0) is 21.4. The lowest BCUT2D eigenvalue weighted by atomic mass is 10.0. The van der Waals surface area contributed by atoms with Gasteiger partial charge in [0.2, 0.25) is 11.8 Å². The number of carbonyl (C=O) groups excluding carboxylic acids is 3. The standard InChI is InChI=1S/C23H31N5O3/c29-21-7-6-20(22(30)24-21)28-15-17-14-18(4-5-19(17)23(28)31)27-12-10-26(11-13-27)16-25-8-2-1-3-9-25/h4-5,14,20H,1-3,6-13,15-16H2,(H,24,29,30)/t20-/m0/s1. The lowest BCUT2D eigenvalue weighted by Gasteiger charge is -2.39. The molecule has 5 rings (SSSR count). The molecular weight excluding hydrogens is 394 g/mol. The van der Waals surface area contributed by atoms with E-state index in [1.807, 2.05) is 12.1 Å². The summed E-state index contributed by atoms with van der Waals surface area (Å²) in [6, 6.07) is 5.49. The molecule has 1 aromatic carbocycles. The molecule has 0 aromatic heterocycles. The smallest absolute Gasteiger partial charge is 0.255 e. The normalized spacial score (nSPS) is 25.7. The van der Waals surface area contributed by atoms with E-state index in [1.54, 1.807) is 4.90 Å². The van der Waals surface area contributed by atoms with Gasteiger partial charge in [0.05, 0.1) is 6.67 Å². The third-order valence-electron chi connectivity index (χ3n) is 7.09. The van der Waals surface area contributed by atoms with E-state index in [0.29, 0.717) is 18.5 Å². The molecule has 4 aliphatic heterocycles. The highest BCUT2D eigenvalue weighted by molar-refractivity contribution is 6.05. The molecule has 8 nitrogen and oxygen atoms in total. The van der Waals surface area contributed by atoms with Gasteiger partial charge in [-0.05, 0) is 56.1 Å². The molecular formula is C23H31N5O3. The fraction of sp³-hybridized carbons (Fsp3) is 0.609. The van der Waals surface area contributed by atoms with E-state index in [0.717, 1.165) is 44.1 Å². The van der Waals surface area contributed by atoms with Crippen LogP contribution in [0.25, 0.3) is 0 Å². The highest BCUT2D eigenvalue weighted by Crippen LogP contribution is 2.31. The first-order valence-corrected chi connectivity index (χ1v) is 11.6. The largest absolute Gasteiger partial charge is 0.369 e. The van der Waals surface area contributed by atoms with Crippen molar-refractivity contribution in [2.75, 3.05) is 50.8 Å². The van der Waals surface area contributed by atoms with Gasteiger partial charge in [-0.1, -0.05) is 6.42 Å². The Morgan fingerprint density at radius 3 is 2.39 bits per heavy atom. The molecule has 8 heteroatoms. The number of anilines is 1. The molecule has 1 aromatic rings. The molecule has 0 unspecified atom stereocenters. The summed E-state index contributed by atoms with van der Waals surface area (Å²) < 4.78 is 0. The van der Waals surface area contributed by atoms with Gasteiger partial charge in [-0.25, -0.2) is 0 Å². The first-order chi connectivity index (χ1) is 15.1. The zero-order valence-corrected chi connectivity index (χ0v) is 18.0. The van der Waals surface area contributed by atoms with Crippen molar-refractivity contribution in [1.82, 2.24) is 20.0 Å². The van der Waals surface area contributed by atoms with Gasteiger partial charge < -0.3 is 9.80 Å². The molecule has 1 N–H and O–H groups in total. The van der Waals surface area contributed by atoms with Crippen molar-refractivity contribution in [3.8, 4) is 0 Å². The van der Waals surface area contributed by atoms with Crippen LogP contribution >= 0.6 is 0 Å². The number of fused-ring (bicyclic) bond motifs is 1. The molecule has 0 aliphatic carbocycles. The van der Waals surface area contributed by atoms with E-state index >= 15 is 0 Å². The molecule has 0 bridgehead atoms. The number of likely N-dealkylation sites (tertiary alicyclic amines) is 1. The van der Waals surface area contributed by atoms with Gasteiger partial charge in [-0.15, -0.1) is 0 Å². The van der Waals surface area contributed by atoms with Gasteiger partial charge in [0.1, 0.15) is 6.04 Å². The summed E-state index contributed by atoms with van der Waals surface area (Å²) in [7, 11) is 0. The van der Waals surface area contributed by atoms with Crippen molar-refractivity contribution in [2.45, 2.75) is 44.7 Å². The number of hydrogen-bond donors (Lipinski definition) is 1. The maximum atomic E-state index is 12.9. The van der Waals surface area contributed by atoms with E-state index in [-0.39, 0.29) is 24.1 Å². The maximum absolute atomic E-state index is 12.9. The monoisotopic (exact) mass is 425 g/mol. The van der Waals surface area contributed by atoms with Gasteiger partial charge in [-0.2, -0.15) is 0 Å². The molecule has 0 saturated carbocycles. The van der Waals surface area contributed by atoms with Crippen LogP contribution in [0, 0.1) is 0 Å².